The normalized spacial score (nSPS) is 10.7. The summed E-state index contributed by atoms with van der Waals surface area (Å²) in [6, 6.07) is 8.21. The van der Waals surface area contributed by atoms with Gasteiger partial charge in [-0.15, -0.1) is 0 Å². The van der Waals surface area contributed by atoms with Gasteiger partial charge in [0.2, 0.25) is 5.91 Å². The van der Waals surface area contributed by atoms with Crippen LogP contribution in [0.1, 0.15) is 18.1 Å². The number of nitriles is 1. The van der Waals surface area contributed by atoms with Crippen molar-refractivity contribution in [3.8, 4) is 6.07 Å². The molecule has 0 saturated heterocycles. The van der Waals surface area contributed by atoms with E-state index >= 15 is 0 Å². The summed E-state index contributed by atoms with van der Waals surface area (Å²) >= 11 is 0. The average Bonchev–Trinajstić information content (AvgIpc) is 2.29. The van der Waals surface area contributed by atoms with Crippen LogP contribution in [0.25, 0.3) is 0 Å². The summed E-state index contributed by atoms with van der Waals surface area (Å²) in [6.07, 6.45) is 0. The minimum absolute atomic E-state index is 0.199. The lowest BCUT2D eigenvalue weighted by atomic mass is 10.2. The molecule has 0 radical (unpaired) electrons. The number of sulfone groups is 1. The topological polar surface area (TPSA) is 87.0 Å². The van der Waals surface area contributed by atoms with Crippen LogP contribution >= 0.6 is 0 Å². The lowest BCUT2D eigenvalue weighted by Crippen LogP contribution is -2.30. The maximum absolute atomic E-state index is 11.7. The highest BCUT2D eigenvalue weighted by molar-refractivity contribution is 7.91. The number of rotatable bonds is 5. The Labute approximate surface area is 106 Å². The first kappa shape index (κ1) is 14.2. The molecule has 0 spiro atoms. The van der Waals surface area contributed by atoms with Crippen molar-refractivity contribution >= 4 is 15.7 Å². The molecule has 1 aromatic carbocycles. The second-order valence-corrected chi connectivity index (χ2v) is 5.86. The van der Waals surface area contributed by atoms with Gasteiger partial charge in [0.1, 0.15) is 5.75 Å². The molecule has 0 heterocycles. The van der Waals surface area contributed by atoms with Crippen molar-refractivity contribution < 1.29 is 13.2 Å². The van der Waals surface area contributed by atoms with Crippen molar-refractivity contribution in [3.05, 3.63) is 35.4 Å². The molecule has 0 bridgehead atoms. The van der Waals surface area contributed by atoms with Crippen LogP contribution in [0, 0.1) is 11.3 Å². The van der Waals surface area contributed by atoms with Gasteiger partial charge in [0, 0.05) is 6.54 Å². The van der Waals surface area contributed by atoms with Gasteiger partial charge in [-0.05, 0) is 24.6 Å². The van der Waals surface area contributed by atoms with E-state index in [9.17, 15) is 13.2 Å². The predicted octanol–water partition coefficient (Wildman–Crippen LogP) is 0.609. The smallest absolute Gasteiger partial charge is 0.235 e. The molecule has 0 aliphatic carbocycles. The lowest BCUT2D eigenvalue weighted by molar-refractivity contribution is -0.118. The number of nitrogens with zero attached hydrogens (tertiary/aromatic N) is 1. The minimum atomic E-state index is -3.47. The molecule has 0 saturated carbocycles. The molecule has 1 amide bonds. The van der Waals surface area contributed by atoms with Gasteiger partial charge in [-0.1, -0.05) is 12.1 Å². The Balaban J connectivity index is 2.70. The Morgan fingerprint density at radius 3 is 2.44 bits per heavy atom. The van der Waals surface area contributed by atoms with E-state index in [0.29, 0.717) is 17.7 Å². The zero-order chi connectivity index (χ0) is 13.6. The standard InChI is InChI=1S/C12H14N2O3S/c1-2-14-12(15)9-18(16,17)8-11-5-3-10(7-13)4-6-11/h3-6H,2,8-9H2,1H3,(H,14,15). The fourth-order valence-corrected chi connectivity index (χ4v) is 2.73. The summed E-state index contributed by atoms with van der Waals surface area (Å²) < 4.78 is 23.4. The van der Waals surface area contributed by atoms with Crippen LogP contribution in [0.4, 0.5) is 0 Å². The van der Waals surface area contributed by atoms with Crippen LogP contribution < -0.4 is 5.32 Å². The van der Waals surface area contributed by atoms with E-state index in [-0.39, 0.29) is 5.75 Å². The van der Waals surface area contributed by atoms with Gasteiger partial charge in [-0.25, -0.2) is 8.42 Å². The van der Waals surface area contributed by atoms with Crippen LogP contribution in [0.3, 0.4) is 0 Å². The highest BCUT2D eigenvalue weighted by Gasteiger charge is 2.16. The summed E-state index contributed by atoms with van der Waals surface area (Å²) in [5.41, 5.74) is 1.04. The summed E-state index contributed by atoms with van der Waals surface area (Å²) in [5.74, 6) is -1.21. The van der Waals surface area contributed by atoms with Crippen LogP contribution in [0.15, 0.2) is 24.3 Å². The van der Waals surface area contributed by atoms with Crippen LogP contribution in [-0.2, 0) is 20.4 Å². The minimum Gasteiger partial charge on any atom is -0.356 e. The molecule has 0 unspecified atom stereocenters. The molecular formula is C12H14N2O3S. The first-order valence-electron chi connectivity index (χ1n) is 5.43. The van der Waals surface area contributed by atoms with Crippen LogP contribution in [-0.4, -0.2) is 26.6 Å². The van der Waals surface area contributed by atoms with E-state index in [1.807, 2.05) is 6.07 Å². The fraction of sp³-hybridized carbons (Fsp3) is 0.333. The SMILES string of the molecule is CCNC(=O)CS(=O)(=O)Cc1ccc(C#N)cc1. The largest absolute Gasteiger partial charge is 0.356 e. The molecule has 0 atom stereocenters. The van der Waals surface area contributed by atoms with Crippen LogP contribution in [0.2, 0.25) is 0 Å². The fourth-order valence-electron chi connectivity index (χ4n) is 1.43. The third-order valence-corrected chi connectivity index (χ3v) is 3.67. The Morgan fingerprint density at radius 2 is 1.94 bits per heavy atom. The average molecular weight is 266 g/mol. The molecule has 6 heteroatoms. The van der Waals surface area contributed by atoms with Crippen LogP contribution in [0.5, 0.6) is 0 Å². The van der Waals surface area contributed by atoms with Gasteiger partial charge < -0.3 is 5.32 Å². The first-order chi connectivity index (χ1) is 8.46. The van der Waals surface area contributed by atoms with Gasteiger partial charge in [0.15, 0.2) is 9.84 Å². The van der Waals surface area contributed by atoms with E-state index in [2.05, 4.69) is 5.32 Å². The third kappa shape index (κ3) is 4.55. The number of amides is 1. The van der Waals surface area contributed by atoms with Crippen molar-refractivity contribution in [3.63, 3.8) is 0 Å². The third-order valence-electron chi connectivity index (χ3n) is 2.19. The Bertz CT molecular complexity index is 556. The molecule has 0 aromatic heterocycles. The molecular weight excluding hydrogens is 252 g/mol. The van der Waals surface area contributed by atoms with Crippen molar-refractivity contribution in [1.82, 2.24) is 5.32 Å². The van der Waals surface area contributed by atoms with Gasteiger partial charge in [-0.2, -0.15) is 5.26 Å². The lowest BCUT2D eigenvalue weighted by Gasteiger charge is -2.05. The van der Waals surface area contributed by atoms with E-state index in [1.165, 1.54) is 0 Å². The van der Waals surface area contributed by atoms with E-state index in [1.54, 1.807) is 31.2 Å². The monoisotopic (exact) mass is 266 g/mol. The quantitative estimate of drug-likeness (QED) is 0.845. The highest BCUT2D eigenvalue weighted by Crippen LogP contribution is 2.08. The van der Waals surface area contributed by atoms with Gasteiger partial charge >= 0.3 is 0 Å². The van der Waals surface area contributed by atoms with E-state index < -0.39 is 21.5 Å². The predicted molar refractivity (Wildman–Crippen MR) is 67.3 cm³/mol. The zero-order valence-corrected chi connectivity index (χ0v) is 10.8. The molecule has 18 heavy (non-hydrogen) atoms. The van der Waals surface area contributed by atoms with Crippen molar-refractivity contribution in [2.75, 3.05) is 12.3 Å². The molecule has 1 rings (SSSR count). The number of carbonyl (C=O) groups is 1. The number of carbonyl (C=O) groups excluding carboxylic acids is 1. The molecule has 1 aromatic rings. The van der Waals surface area contributed by atoms with E-state index in [0.717, 1.165) is 0 Å². The second kappa shape index (κ2) is 6.17. The van der Waals surface area contributed by atoms with Crippen molar-refractivity contribution in [1.29, 1.82) is 5.26 Å². The number of benzene rings is 1. The number of nitrogens with one attached hydrogen (secondary N) is 1. The summed E-state index contributed by atoms with van der Waals surface area (Å²) in [4.78, 5) is 11.2. The van der Waals surface area contributed by atoms with Crippen molar-refractivity contribution in [2.45, 2.75) is 12.7 Å². The summed E-state index contributed by atoms with van der Waals surface area (Å²) in [7, 11) is -3.47. The maximum Gasteiger partial charge on any atom is 0.235 e. The maximum atomic E-state index is 11.7. The van der Waals surface area contributed by atoms with E-state index in [4.69, 9.17) is 5.26 Å². The second-order valence-electron chi connectivity index (χ2n) is 3.79. The molecule has 0 fully saturated rings. The van der Waals surface area contributed by atoms with Gasteiger partial charge in [0.05, 0.1) is 17.4 Å². The molecule has 96 valence electrons. The Kier molecular flexibility index (Phi) is 4.86. The Hall–Kier alpha value is -1.87. The van der Waals surface area contributed by atoms with Crippen molar-refractivity contribution in [2.24, 2.45) is 0 Å². The number of hydrogen-bond donors (Lipinski definition) is 1. The summed E-state index contributed by atoms with van der Waals surface area (Å²) in [6.45, 7) is 2.14. The highest BCUT2D eigenvalue weighted by atomic mass is 32.2. The first-order valence-corrected chi connectivity index (χ1v) is 7.25. The number of hydrogen-bond acceptors (Lipinski definition) is 4. The molecule has 5 nitrogen and oxygen atoms in total. The molecule has 1 N–H and O–H groups in total. The van der Waals surface area contributed by atoms with Gasteiger partial charge in [-0.3, -0.25) is 4.79 Å². The summed E-state index contributed by atoms with van der Waals surface area (Å²) in [5, 5.41) is 11.1. The van der Waals surface area contributed by atoms with Gasteiger partial charge in [0.25, 0.3) is 0 Å². The zero-order valence-electron chi connectivity index (χ0n) is 10.0. The Morgan fingerprint density at radius 1 is 1.33 bits per heavy atom. The molecule has 0 aliphatic rings. The molecule has 0 aliphatic heterocycles.